The van der Waals surface area contributed by atoms with Gasteiger partial charge in [-0.3, -0.25) is 9.59 Å². The van der Waals surface area contributed by atoms with Crippen LogP contribution in [0.2, 0.25) is 0 Å². The van der Waals surface area contributed by atoms with Gasteiger partial charge in [-0.15, -0.1) is 0 Å². The van der Waals surface area contributed by atoms with E-state index >= 15 is 0 Å². The molecule has 0 aliphatic heterocycles. The standard InChI is InChI=1S/C13H25N3O2/c1-9(7-12(15)17)16-13(18)11-4-2-3-10(8-11)5-6-14/h9-11H,2-8,14H2,1H3,(H2,15,17)(H,16,18). The van der Waals surface area contributed by atoms with Crippen LogP contribution in [-0.2, 0) is 9.59 Å². The Labute approximate surface area is 109 Å². The van der Waals surface area contributed by atoms with Gasteiger partial charge in [0.1, 0.15) is 0 Å². The van der Waals surface area contributed by atoms with E-state index in [0.29, 0.717) is 12.5 Å². The maximum Gasteiger partial charge on any atom is 0.223 e. The number of nitrogens with two attached hydrogens (primary N) is 2. The third kappa shape index (κ3) is 5.04. The number of carbonyl (C=O) groups excluding carboxylic acids is 2. The summed E-state index contributed by atoms with van der Waals surface area (Å²) >= 11 is 0. The van der Waals surface area contributed by atoms with Crippen LogP contribution in [0.3, 0.4) is 0 Å². The smallest absolute Gasteiger partial charge is 0.223 e. The molecule has 0 radical (unpaired) electrons. The first-order chi connectivity index (χ1) is 8.52. The highest BCUT2D eigenvalue weighted by Crippen LogP contribution is 2.30. The van der Waals surface area contributed by atoms with Gasteiger partial charge in [0, 0.05) is 18.4 Å². The molecule has 3 atom stereocenters. The van der Waals surface area contributed by atoms with Crippen molar-refractivity contribution in [3.8, 4) is 0 Å². The van der Waals surface area contributed by atoms with Crippen molar-refractivity contribution in [1.82, 2.24) is 5.32 Å². The molecule has 5 heteroatoms. The zero-order valence-corrected chi connectivity index (χ0v) is 11.2. The number of amides is 2. The van der Waals surface area contributed by atoms with Crippen LogP contribution in [0, 0.1) is 11.8 Å². The van der Waals surface area contributed by atoms with Gasteiger partial charge in [-0.05, 0) is 38.6 Å². The Balaban J connectivity index is 2.38. The summed E-state index contributed by atoms with van der Waals surface area (Å²) in [5.74, 6) is 0.328. The Morgan fingerprint density at radius 1 is 1.39 bits per heavy atom. The lowest BCUT2D eigenvalue weighted by atomic mass is 9.79. The summed E-state index contributed by atoms with van der Waals surface area (Å²) in [6.45, 7) is 2.50. The first kappa shape index (κ1) is 15.0. The minimum atomic E-state index is -0.382. The molecule has 0 aromatic heterocycles. The lowest BCUT2D eigenvalue weighted by Gasteiger charge is -2.29. The fourth-order valence-electron chi connectivity index (χ4n) is 2.74. The second kappa shape index (κ2) is 7.36. The molecule has 18 heavy (non-hydrogen) atoms. The van der Waals surface area contributed by atoms with E-state index < -0.39 is 0 Å². The second-order valence-electron chi connectivity index (χ2n) is 5.39. The summed E-state index contributed by atoms with van der Waals surface area (Å²) < 4.78 is 0. The molecular weight excluding hydrogens is 230 g/mol. The zero-order valence-electron chi connectivity index (χ0n) is 11.2. The van der Waals surface area contributed by atoms with Crippen molar-refractivity contribution < 1.29 is 9.59 Å². The first-order valence-electron chi connectivity index (χ1n) is 6.81. The lowest BCUT2D eigenvalue weighted by Crippen LogP contribution is -2.40. The SMILES string of the molecule is CC(CC(N)=O)NC(=O)C1CCCC(CCN)C1. The highest BCUT2D eigenvalue weighted by molar-refractivity contribution is 5.80. The third-order valence-corrected chi connectivity index (χ3v) is 3.62. The Bertz CT molecular complexity index is 292. The number of primary amides is 1. The molecule has 1 aliphatic carbocycles. The molecule has 0 spiro atoms. The largest absolute Gasteiger partial charge is 0.370 e. The van der Waals surface area contributed by atoms with Crippen LogP contribution in [-0.4, -0.2) is 24.4 Å². The molecule has 0 saturated heterocycles. The summed E-state index contributed by atoms with van der Waals surface area (Å²) in [7, 11) is 0. The average molecular weight is 255 g/mol. The molecule has 1 rings (SSSR count). The van der Waals surface area contributed by atoms with Gasteiger partial charge >= 0.3 is 0 Å². The van der Waals surface area contributed by atoms with Crippen molar-refractivity contribution in [2.75, 3.05) is 6.54 Å². The maximum absolute atomic E-state index is 12.0. The number of rotatable bonds is 6. The van der Waals surface area contributed by atoms with E-state index in [1.807, 2.05) is 6.92 Å². The summed E-state index contributed by atoms with van der Waals surface area (Å²) in [6, 6.07) is -0.176. The van der Waals surface area contributed by atoms with Gasteiger partial charge in [-0.1, -0.05) is 12.8 Å². The quantitative estimate of drug-likeness (QED) is 0.645. The molecule has 104 valence electrons. The van der Waals surface area contributed by atoms with E-state index in [1.54, 1.807) is 0 Å². The van der Waals surface area contributed by atoms with E-state index in [2.05, 4.69) is 5.32 Å². The Kier molecular flexibility index (Phi) is 6.12. The second-order valence-corrected chi connectivity index (χ2v) is 5.39. The predicted octanol–water partition coefficient (Wildman–Crippen LogP) is 0.522. The van der Waals surface area contributed by atoms with Crippen molar-refractivity contribution in [1.29, 1.82) is 0 Å². The zero-order chi connectivity index (χ0) is 13.5. The Morgan fingerprint density at radius 3 is 2.72 bits per heavy atom. The highest BCUT2D eigenvalue weighted by Gasteiger charge is 2.27. The van der Waals surface area contributed by atoms with E-state index in [0.717, 1.165) is 25.7 Å². The van der Waals surface area contributed by atoms with Gasteiger partial charge in [-0.25, -0.2) is 0 Å². The Morgan fingerprint density at radius 2 is 2.11 bits per heavy atom. The number of hydrogen-bond acceptors (Lipinski definition) is 3. The molecule has 1 aliphatic rings. The summed E-state index contributed by atoms with van der Waals surface area (Å²) in [4.78, 5) is 22.8. The summed E-state index contributed by atoms with van der Waals surface area (Å²) in [6.07, 6.45) is 5.33. The van der Waals surface area contributed by atoms with Gasteiger partial charge < -0.3 is 16.8 Å². The van der Waals surface area contributed by atoms with Crippen molar-refractivity contribution >= 4 is 11.8 Å². The maximum atomic E-state index is 12.0. The molecule has 1 fully saturated rings. The molecule has 1 saturated carbocycles. The molecule has 0 aromatic rings. The molecule has 0 heterocycles. The van der Waals surface area contributed by atoms with Gasteiger partial charge in [-0.2, -0.15) is 0 Å². The van der Waals surface area contributed by atoms with Crippen LogP contribution in [0.15, 0.2) is 0 Å². The number of nitrogens with one attached hydrogen (secondary N) is 1. The Hall–Kier alpha value is -1.10. The predicted molar refractivity (Wildman–Crippen MR) is 70.5 cm³/mol. The van der Waals surface area contributed by atoms with Crippen molar-refractivity contribution in [2.45, 2.75) is 51.5 Å². The molecule has 5 N–H and O–H groups in total. The van der Waals surface area contributed by atoms with Crippen molar-refractivity contribution in [2.24, 2.45) is 23.3 Å². The van der Waals surface area contributed by atoms with Crippen molar-refractivity contribution in [3.05, 3.63) is 0 Å². The van der Waals surface area contributed by atoms with Gasteiger partial charge in [0.2, 0.25) is 11.8 Å². The van der Waals surface area contributed by atoms with Crippen LogP contribution >= 0.6 is 0 Å². The highest BCUT2D eigenvalue weighted by atomic mass is 16.2. The van der Waals surface area contributed by atoms with Crippen molar-refractivity contribution in [3.63, 3.8) is 0 Å². The van der Waals surface area contributed by atoms with Gasteiger partial charge in [0.05, 0.1) is 0 Å². The fraction of sp³-hybridized carbons (Fsp3) is 0.846. The van der Waals surface area contributed by atoms with E-state index in [9.17, 15) is 9.59 Å². The minimum absolute atomic E-state index is 0.0606. The minimum Gasteiger partial charge on any atom is -0.370 e. The molecule has 5 nitrogen and oxygen atoms in total. The van der Waals surface area contributed by atoms with Crippen LogP contribution < -0.4 is 16.8 Å². The molecule has 0 bridgehead atoms. The van der Waals surface area contributed by atoms with Gasteiger partial charge in [0.25, 0.3) is 0 Å². The van der Waals surface area contributed by atoms with E-state index in [4.69, 9.17) is 11.5 Å². The van der Waals surface area contributed by atoms with Crippen LogP contribution in [0.1, 0.15) is 45.4 Å². The lowest BCUT2D eigenvalue weighted by molar-refractivity contribution is -0.127. The third-order valence-electron chi connectivity index (χ3n) is 3.62. The fourth-order valence-corrected chi connectivity index (χ4v) is 2.74. The monoisotopic (exact) mass is 255 g/mol. The average Bonchev–Trinajstić information content (AvgIpc) is 2.28. The van der Waals surface area contributed by atoms with Crippen LogP contribution in [0.4, 0.5) is 0 Å². The molecule has 0 aromatic carbocycles. The topological polar surface area (TPSA) is 98.2 Å². The van der Waals surface area contributed by atoms with E-state index in [-0.39, 0.29) is 30.2 Å². The summed E-state index contributed by atoms with van der Waals surface area (Å²) in [5.41, 5.74) is 10.7. The molecular formula is C13H25N3O2. The number of hydrogen-bond donors (Lipinski definition) is 3. The van der Waals surface area contributed by atoms with Gasteiger partial charge in [0.15, 0.2) is 0 Å². The molecule has 2 amide bonds. The summed E-state index contributed by atoms with van der Waals surface area (Å²) in [5, 5.41) is 2.87. The normalized spacial score (nSPS) is 25.4. The van der Waals surface area contributed by atoms with Crippen LogP contribution in [0.25, 0.3) is 0 Å². The van der Waals surface area contributed by atoms with Crippen LogP contribution in [0.5, 0.6) is 0 Å². The first-order valence-corrected chi connectivity index (χ1v) is 6.81. The number of carbonyl (C=O) groups is 2. The van der Waals surface area contributed by atoms with E-state index in [1.165, 1.54) is 6.42 Å². The molecule has 3 unspecified atom stereocenters.